The molecule has 1 N–H and O–H groups in total. The van der Waals surface area contributed by atoms with Crippen LogP contribution in [0.4, 0.5) is 0 Å². The summed E-state index contributed by atoms with van der Waals surface area (Å²) in [7, 11) is 0. The van der Waals surface area contributed by atoms with E-state index in [1.54, 1.807) is 0 Å². The highest BCUT2D eigenvalue weighted by Crippen LogP contribution is 2.30. The van der Waals surface area contributed by atoms with Crippen molar-refractivity contribution >= 4 is 0 Å². The van der Waals surface area contributed by atoms with Gasteiger partial charge in [0, 0.05) is 0 Å². The number of nitrogens with one attached hydrogen (secondary N) is 1. The Bertz CT molecular complexity index is 351. The molecule has 1 aromatic carbocycles. The van der Waals surface area contributed by atoms with E-state index in [9.17, 15) is 0 Å². The Kier molecular flexibility index (Phi) is 6.59. The minimum atomic E-state index is 0.666. The van der Waals surface area contributed by atoms with Crippen LogP contribution in [0.15, 0.2) is 30.3 Å². The van der Waals surface area contributed by atoms with Gasteiger partial charge in [-0.25, -0.2) is 0 Å². The van der Waals surface area contributed by atoms with Gasteiger partial charge in [0.05, 0.1) is 0 Å². The van der Waals surface area contributed by atoms with Gasteiger partial charge in [-0.3, -0.25) is 0 Å². The first-order valence-electron chi connectivity index (χ1n) is 8.55. The Hall–Kier alpha value is -0.820. The largest absolute Gasteiger partial charge is 0.316 e. The minimum absolute atomic E-state index is 0.666. The maximum Gasteiger partial charge on any atom is -0.00205 e. The molecule has 0 spiro atoms. The number of hydrogen-bond acceptors (Lipinski definition) is 1. The summed E-state index contributed by atoms with van der Waals surface area (Å²) in [5.74, 6) is 2.62. The second-order valence-corrected chi connectivity index (χ2v) is 6.60. The summed E-state index contributed by atoms with van der Waals surface area (Å²) in [5.41, 5.74) is 1.47. The van der Waals surface area contributed by atoms with Gasteiger partial charge < -0.3 is 5.32 Å². The van der Waals surface area contributed by atoms with Crippen molar-refractivity contribution in [1.82, 2.24) is 5.32 Å². The van der Waals surface area contributed by atoms with Crippen molar-refractivity contribution in [2.24, 2.45) is 11.8 Å². The van der Waals surface area contributed by atoms with E-state index in [1.807, 2.05) is 0 Å². The van der Waals surface area contributed by atoms with Crippen LogP contribution in [0.2, 0.25) is 0 Å². The van der Waals surface area contributed by atoms with Crippen LogP contribution in [0.25, 0.3) is 0 Å². The van der Waals surface area contributed by atoms with Crippen LogP contribution < -0.4 is 5.32 Å². The van der Waals surface area contributed by atoms with Gasteiger partial charge in [0.15, 0.2) is 0 Å². The first-order valence-corrected chi connectivity index (χ1v) is 8.55. The van der Waals surface area contributed by atoms with Gasteiger partial charge in [-0.05, 0) is 55.7 Å². The van der Waals surface area contributed by atoms with E-state index in [0.29, 0.717) is 5.92 Å². The molecule has 0 saturated heterocycles. The molecule has 2 rings (SSSR count). The van der Waals surface area contributed by atoms with E-state index in [-0.39, 0.29) is 0 Å². The maximum absolute atomic E-state index is 3.69. The molecule has 0 aliphatic heterocycles. The molecule has 0 aromatic heterocycles. The second kappa shape index (κ2) is 8.46. The zero-order valence-electron chi connectivity index (χ0n) is 13.3. The predicted molar refractivity (Wildman–Crippen MR) is 88.1 cm³/mol. The SMILES string of the molecule is CCC1CCC(CNCCC(C)c2ccccc2)CC1. The van der Waals surface area contributed by atoms with Crippen molar-refractivity contribution in [3.8, 4) is 0 Å². The fraction of sp³-hybridized carbons (Fsp3) is 0.684. The van der Waals surface area contributed by atoms with Crippen LogP contribution in [0.5, 0.6) is 0 Å². The molecule has 1 atom stereocenters. The summed E-state index contributed by atoms with van der Waals surface area (Å²) in [6.45, 7) is 7.07. The van der Waals surface area contributed by atoms with Crippen LogP contribution in [0.3, 0.4) is 0 Å². The van der Waals surface area contributed by atoms with Gasteiger partial charge in [-0.15, -0.1) is 0 Å². The van der Waals surface area contributed by atoms with Gasteiger partial charge >= 0.3 is 0 Å². The molecule has 0 radical (unpaired) electrons. The molecule has 1 unspecified atom stereocenters. The molecule has 0 heterocycles. The highest BCUT2D eigenvalue weighted by molar-refractivity contribution is 5.18. The third-order valence-corrected chi connectivity index (χ3v) is 5.10. The predicted octanol–water partition coefficient (Wildman–Crippen LogP) is 4.99. The van der Waals surface area contributed by atoms with Crippen LogP contribution in [0.1, 0.15) is 63.9 Å². The van der Waals surface area contributed by atoms with Crippen molar-refractivity contribution in [3.05, 3.63) is 35.9 Å². The average molecular weight is 273 g/mol. The van der Waals surface area contributed by atoms with Crippen molar-refractivity contribution in [2.75, 3.05) is 13.1 Å². The van der Waals surface area contributed by atoms with E-state index < -0.39 is 0 Å². The molecule has 20 heavy (non-hydrogen) atoms. The molecule has 112 valence electrons. The number of hydrogen-bond donors (Lipinski definition) is 1. The summed E-state index contributed by atoms with van der Waals surface area (Å²) < 4.78 is 0. The quantitative estimate of drug-likeness (QED) is 0.690. The Labute approximate surface area is 125 Å². The van der Waals surface area contributed by atoms with E-state index in [2.05, 4.69) is 49.5 Å². The lowest BCUT2D eigenvalue weighted by atomic mass is 9.81. The van der Waals surface area contributed by atoms with Crippen LogP contribution >= 0.6 is 0 Å². The summed E-state index contributed by atoms with van der Waals surface area (Å²) in [4.78, 5) is 0. The first kappa shape index (κ1) is 15.6. The maximum atomic E-state index is 3.69. The van der Waals surface area contributed by atoms with Gasteiger partial charge in [-0.1, -0.05) is 63.4 Å². The van der Waals surface area contributed by atoms with Crippen molar-refractivity contribution in [2.45, 2.75) is 58.3 Å². The van der Waals surface area contributed by atoms with Gasteiger partial charge in [0.25, 0.3) is 0 Å². The van der Waals surface area contributed by atoms with Crippen molar-refractivity contribution in [1.29, 1.82) is 0 Å². The fourth-order valence-corrected chi connectivity index (χ4v) is 3.42. The monoisotopic (exact) mass is 273 g/mol. The lowest BCUT2D eigenvalue weighted by Crippen LogP contribution is -2.27. The van der Waals surface area contributed by atoms with Gasteiger partial charge in [0.1, 0.15) is 0 Å². The van der Waals surface area contributed by atoms with Crippen molar-refractivity contribution in [3.63, 3.8) is 0 Å². The van der Waals surface area contributed by atoms with Crippen molar-refractivity contribution < 1.29 is 0 Å². The Morgan fingerprint density at radius 3 is 2.35 bits per heavy atom. The molecule has 1 saturated carbocycles. The molecule has 1 heteroatoms. The topological polar surface area (TPSA) is 12.0 Å². The third-order valence-electron chi connectivity index (χ3n) is 5.10. The fourth-order valence-electron chi connectivity index (χ4n) is 3.42. The molecule has 1 aromatic rings. The molecular formula is C19H31N. The standard InChI is InChI=1S/C19H31N/c1-3-17-9-11-18(12-10-17)15-20-14-13-16(2)19-7-5-4-6-8-19/h4-8,16-18,20H,3,9-15H2,1-2H3. The first-order chi connectivity index (χ1) is 9.79. The zero-order valence-corrected chi connectivity index (χ0v) is 13.3. The normalized spacial score (nSPS) is 24.5. The summed E-state index contributed by atoms with van der Waals surface area (Å²) in [6, 6.07) is 10.9. The van der Waals surface area contributed by atoms with E-state index in [0.717, 1.165) is 18.4 Å². The van der Waals surface area contributed by atoms with Gasteiger partial charge in [-0.2, -0.15) is 0 Å². The van der Waals surface area contributed by atoms with Crippen LogP contribution in [-0.4, -0.2) is 13.1 Å². The Balaban J connectivity index is 1.58. The van der Waals surface area contributed by atoms with E-state index >= 15 is 0 Å². The van der Waals surface area contributed by atoms with Crippen LogP contribution in [0, 0.1) is 11.8 Å². The molecule has 1 nitrogen and oxygen atoms in total. The minimum Gasteiger partial charge on any atom is -0.316 e. The second-order valence-electron chi connectivity index (χ2n) is 6.60. The number of rotatable bonds is 7. The molecule has 1 fully saturated rings. The molecule has 0 bridgehead atoms. The zero-order chi connectivity index (χ0) is 14.2. The summed E-state index contributed by atoms with van der Waals surface area (Å²) in [5, 5.41) is 3.69. The smallest absolute Gasteiger partial charge is 0.00205 e. The average Bonchev–Trinajstić information content (AvgIpc) is 2.53. The molecule has 1 aliphatic rings. The summed E-state index contributed by atoms with van der Waals surface area (Å²) >= 11 is 0. The van der Waals surface area contributed by atoms with E-state index in [4.69, 9.17) is 0 Å². The van der Waals surface area contributed by atoms with Gasteiger partial charge in [0.2, 0.25) is 0 Å². The highest BCUT2D eigenvalue weighted by Gasteiger charge is 2.19. The molecule has 0 amide bonds. The summed E-state index contributed by atoms with van der Waals surface area (Å²) in [6.07, 6.45) is 8.44. The molecule has 1 aliphatic carbocycles. The lowest BCUT2D eigenvalue weighted by Gasteiger charge is -2.28. The van der Waals surface area contributed by atoms with Crippen LogP contribution in [-0.2, 0) is 0 Å². The Morgan fingerprint density at radius 1 is 1.05 bits per heavy atom. The lowest BCUT2D eigenvalue weighted by molar-refractivity contribution is 0.262. The Morgan fingerprint density at radius 2 is 1.70 bits per heavy atom. The van der Waals surface area contributed by atoms with E-state index in [1.165, 1.54) is 50.6 Å². The molecular weight excluding hydrogens is 242 g/mol. The third kappa shape index (κ3) is 4.94. The highest BCUT2D eigenvalue weighted by atomic mass is 14.9. The number of benzene rings is 1.